The van der Waals surface area contributed by atoms with Crippen LogP contribution in [0.5, 0.6) is 0 Å². The van der Waals surface area contributed by atoms with E-state index in [9.17, 15) is 0 Å². The Morgan fingerprint density at radius 1 is 1.42 bits per heavy atom. The number of rotatable bonds is 1. The Morgan fingerprint density at radius 3 is 3.00 bits per heavy atom. The summed E-state index contributed by atoms with van der Waals surface area (Å²) in [5, 5.41) is 0. The average Bonchev–Trinajstić information content (AvgIpc) is 2.44. The van der Waals surface area contributed by atoms with Crippen molar-refractivity contribution in [3.05, 3.63) is 12.8 Å². The van der Waals surface area contributed by atoms with Crippen LogP contribution < -0.4 is 0 Å². The third kappa shape index (κ3) is 1.24. The Balaban J connectivity index is 2.07. The maximum atomic E-state index is 3.88. The van der Waals surface area contributed by atoms with Gasteiger partial charge in [-0.3, -0.25) is 0 Å². The second-order valence-corrected chi connectivity index (χ2v) is 4.11. The molecule has 2 heteroatoms. The molecule has 0 spiro atoms. The molecule has 2 heterocycles. The molecule has 2 nitrogen and oxygen atoms in total. The molecule has 0 amide bonds. The lowest BCUT2D eigenvalue weighted by Crippen LogP contribution is -2.41. The zero-order chi connectivity index (χ0) is 8.55. The van der Waals surface area contributed by atoms with Crippen LogP contribution in [0.1, 0.15) is 12.8 Å². The summed E-state index contributed by atoms with van der Waals surface area (Å²) >= 11 is 0. The van der Waals surface area contributed by atoms with Crippen LogP contribution in [0.3, 0.4) is 0 Å². The van der Waals surface area contributed by atoms with E-state index in [-0.39, 0.29) is 0 Å². The van der Waals surface area contributed by atoms with E-state index in [1.165, 1.54) is 32.5 Å². The predicted molar refractivity (Wildman–Crippen MR) is 50.9 cm³/mol. The maximum absolute atomic E-state index is 3.88. The molecule has 2 saturated heterocycles. The monoisotopic (exact) mass is 166 g/mol. The van der Waals surface area contributed by atoms with Crippen molar-refractivity contribution in [2.75, 3.05) is 26.7 Å². The van der Waals surface area contributed by atoms with E-state index in [4.69, 9.17) is 0 Å². The lowest BCUT2D eigenvalue weighted by atomic mass is 9.92. The smallest absolute Gasteiger partial charge is 0.0451 e. The molecule has 2 atom stereocenters. The van der Waals surface area contributed by atoms with Gasteiger partial charge in [0.2, 0.25) is 0 Å². The molecule has 2 aliphatic heterocycles. The summed E-state index contributed by atoms with van der Waals surface area (Å²) in [6, 6.07) is 0.765. The summed E-state index contributed by atoms with van der Waals surface area (Å²) in [5.41, 5.74) is 0. The van der Waals surface area contributed by atoms with Gasteiger partial charge in [-0.2, -0.15) is 0 Å². The summed E-state index contributed by atoms with van der Waals surface area (Å²) < 4.78 is 0. The van der Waals surface area contributed by atoms with Gasteiger partial charge in [0, 0.05) is 25.7 Å². The molecule has 2 aliphatic rings. The van der Waals surface area contributed by atoms with Crippen molar-refractivity contribution in [2.45, 2.75) is 18.9 Å². The van der Waals surface area contributed by atoms with Crippen LogP contribution in [0.2, 0.25) is 0 Å². The first-order valence-electron chi connectivity index (χ1n) is 4.88. The van der Waals surface area contributed by atoms with Gasteiger partial charge in [0.1, 0.15) is 0 Å². The Hall–Kier alpha value is -0.500. The molecule has 2 fully saturated rings. The Labute approximate surface area is 74.8 Å². The predicted octanol–water partition coefficient (Wildman–Crippen LogP) is 1.16. The third-order valence-corrected chi connectivity index (χ3v) is 3.24. The van der Waals surface area contributed by atoms with Crippen molar-refractivity contribution < 1.29 is 0 Å². The molecule has 0 bridgehead atoms. The molecule has 2 rings (SSSR count). The Bertz CT molecular complexity index is 179. The van der Waals surface area contributed by atoms with Crippen LogP contribution in [0.15, 0.2) is 12.8 Å². The molecule has 0 aromatic carbocycles. The van der Waals surface area contributed by atoms with Crippen molar-refractivity contribution in [2.24, 2.45) is 5.92 Å². The molecule has 68 valence electrons. The number of nitrogens with zero attached hydrogens (tertiary/aromatic N) is 2. The first kappa shape index (κ1) is 8.11. The van der Waals surface area contributed by atoms with Crippen molar-refractivity contribution in [3.63, 3.8) is 0 Å². The van der Waals surface area contributed by atoms with E-state index in [1.807, 2.05) is 6.20 Å². The van der Waals surface area contributed by atoms with E-state index in [2.05, 4.69) is 23.4 Å². The highest BCUT2D eigenvalue weighted by Gasteiger charge is 2.35. The summed E-state index contributed by atoms with van der Waals surface area (Å²) in [4.78, 5) is 4.87. The number of piperidine rings is 1. The van der Waals surface area contributed by atoms with Gasteiger partial charge < -0.3 is 9.80 Å². The van der Waals surface area contributed by atoms with Crippen molar-refractivity contribution in [3.8, 4) is 0 Å². The quantitative estimate of drug-likeness (QED) is 0.576. The normalized spacial score (nSPS) is 36.6. The highest BCUT2D eigenvalue weighted by atomic mass is 15.2. The molecule has 0 N–H and O–H groups in total. The van der Waals surface area contributed by atoms with Crippen LogP contribution in [0.4, 0.5) is 0 Å². The van der Waals surface area contributed by atoms with Gasteiger partial charge >= 0.3 is 0 Å². The lowest BCUT2D eigenvalue weighted by Gasteiger charge is -2.35. The van der Waals surface area contributed by atoms with Crippen molar-refractivity contribution in [1.82, 2.24) is 9.80 Å². The standard InChI is InChI=1S/C10H18N2/c1-3-12-6-4-5-9-7-11(2)8-10(9)12/h3,9-10H,1,4-8H2,2H3. The van der Waals surface area contributed by atoms with Crippen LogP contribution >= 0.6 is 0 Å². The molecular weight excluding hydrogens is 148 g/mol. The van der Waals surface area contributed by atoms with Crippen molar-refractivity contribution >= 4 is 0 Å². The van der Waals surface area contributed by atoms with Gasteiger partial charge in [0.05, 0.1) is 0 Å². The molecule has 12 heavy (non-hydrogen) atoms. The Kier molecular flexibility index (Phi) is 2.09. The topological polar surface area (TPSA) is 6.48 Å². The van der Waals surface area contributed by atoms with Crippen LogP contribution in [0, 0.1) is 5.92 Å². The number of hydrogen-bond donors (Lipinski definition) is 0. The highest BCUT2D eigenvalue weighted by Crippen LogP contribution is 2.29. The second-order valence-electron chi connectivity index (χ2n) is 4.11. The van der Waals surface area contributed by atoms with Crippen LogP contribution in [-0.4, -0.2) is 42.5 Å². The van der Waals surface area contributed by atoms with Gasteiger partial charge in [0.25, 0.3) is 0 Å². The second kappa shape index (κ2) is 3.09. The van der Waals surface area contributed by atoms with Crippen molar-refractivity contribution in [1.29, 1.82) is 0 Å². The SMILES string of the molecule is C=CN1CCCC2CN(C)CC21. The molecule has 0 aliphatic carbocycles. The minimum atomic E-state index is 0.765. The van der Waals surface area contributed by atoms with Gasteiger partial charge in [-0.1, -0.05) is 6.58 Å². The first-order chi connectivity index (χ1) is 5.81. The molecule has 0 aromatic heterocycles. The fourth-order valence-electron chi connectivity index (χ4n) is 2.65. The summed E-state index contributed by atoms with van der Waals surface area (Å²) in [6.45, 7) is 7.62. The minimum absolute atomic E-state index is 0.765. The van der Waals surface area contributed by atoms with E-state index in [0.717, 1.165) is 12.0 Å². The van der Waals surface area contributed by atoms with Crippen LogP contribution in [-0.2, 0) is 0 Å². The largest absolute Gasteiger partial charge is 0.373 e. The van der Waals surface area contributed by atoms with Gasteiger partial charge in [-0.15, -0.1) is 0 Å². The molecule has 0 aromatic rings. The van der Waals surface area contributed by atoms with E-state index < -0.39 is 0 Å². The summed E-state index contributed by atoms with van der Waals surface area (Å²) in [7, 11) is 2.22. The lowest BCUT2D eigenvalue weighted by molar-refractivity contribution is 0.182. The minimum Gasteiger partial charge on any atom is -0.373 e. The Morgan fingerprint density at radius 2 is 2.25 bits per heavy atom. The molecule has 0 saturated carbocycles. The van der Waals surface area contributed by atoms with E-state index in [1.54, 1.807) is 0 Å². The number of likely N-dealkylation sites (tertiary alicyclic amines) is 2. The maximum Gasteiger partial charge on any atom is 0.0451 e. The zero-order valence-electron chi connectivity index (χ0n) is 7.87. The average molecular weight is 166 g/mol. The zero-order valence-corrected chi connectivity index (χ0v) is 7.87. The number of fused-ring (bicyclic) bond motifs is 1. The van der Waals surface area contributed by atoms with Gasteiger partial charge in [0.15, 0.2) is 0 Å². The summed E-state index contributed by atoms with van der Waals surface area (Å²) in [5.74, 6) is 0.904. The fraction of sp³-hybridized carbons (Fsp3) is 0.800. The molecular formula is C10H18N2. The highest BCUT2D eigenvalue weighted by molar-refractivity contribution is 4.95. The number of hydrogen-bond acceptors (Lipinski definition) is 2. The van der Waals surface area contributed by atoms with Crippen LogP contribution in [0.25, 0.3) is 0 Å². The molecule has 0 radical (unpaired) electrons. The first-order valence-corrected chi connectivity index (χ1v) is 4.88. The van der Waals surface area contributed by atoms with Gasteiger partial charge in [-0.05, 0) is 32.0 Å². The third-order valence-electron chi connectivity index (χ3n) is 3.24. The van der Waals surface area contributed by atoms with Gasteiger partial charge in [-0.25, -0.2) is 0 Å². The van der Waals surface area contributed by atoms with E-state index >= 15 is 0 Å². The molecule has 2 unspecified atom stereocenters. The number of likely N-dealkylation sites (N-methyl/N-ethyl adjacent to an activating group) is 1. The summed E-state index contributed by atoms with van der Waals surface area (Å²) in [6.07, 6.45) is 4.79. The van der Waals surface area contributed by atoms with E-state index in [0.29, 0.717) is 0 Å². The fourth-order valence-corrected chi connectivity index (χ4v) is 2.65.